The number of anilines is 2. The molecule has 1 aliphatic rings. The molecule has 3 aromatic heterocycles. The van der Waals surface area contributed by atoms with Crippen molar-refractivity contribution in [2.75, 3.05) is 30.3 Å². The van der Waals surface area contributed by atoms with Gasteiger partial charge in [-0.15, -0.1) is 0 Å². The minimum absolute atomic E-state index is 0.0251. The largest absolute Gasteiger partial charge is 0.398 e. The SMILES string of the molecule is C=CC(=O)N1CCN(c2nc(=O)n(-c3c(C)ccnc3C(C)C)c3nc(-c4c(N)cccc4F)cc(Cl)c23)C(C)C1. The first-order valence-electron chi connectivity index (χ1n) is 13.3. The number of nitrogen functional groups attached to an aromatic ring is 1. The molecule has 1 aromatic carbocycles. The van der Waals surface area contributed by atoms with Crippen molar-refractivity contribution in [2.24, 2.45) is 0 Å². The fourth-order valence-electron chi connectivity index (χ4n) is 5.39. The van der Waals surface area contributed by atoms with E-state index in [0.717, 1.165) is 5.56 Å². The Morgan fingerprint density at radius 1 is 1.24 bits per heavy atom. The first kappa shape index (κ1) is 28.2. The molecule has 0 bridgehead atoms. The minimum Gasteiger partial charge on any atom is -0.398 e. The Morgan fingerprint density at radius 2 is 2.00 bits per heavy atom. The second-order valence-corrected chi connectivity index (χ2v) is 10.9. The van der Waals surface area contributed by atoms with Crippen molar-refractivity contribution in [2.45, 2.75) is 39.7 Å². The number of carbonyl (C=O) groups excluding carboxylic acids is 1. The van der Waals surface area contributed by atoms with Crippen LogP contribution in [-0.2, 0) is 4.79 Å². The zero-order valence-corrected chi connectivity index (χ0v) is 24.1. The first-order valence-corrected chi connectivity index (χ1v) is 13.7. The monoisotopic (exact) mass is 575 g/mol. The van der Waals surface area contributed by atoms with E-state index >= 15 is 4.39 Å². The van der Waals surface area contributed by atoms with E-state index in [-0.39, 0.29) is 45.5 Å². The zero-order valence-electron chi connectivity index (χ0n) is 23.4. The average molecular weight is 576 g/mol. The number of hydrogen-bond donors (Lipinski definition) is 1. The molecule has 5 rings (SSSR count). The zero-order chi connectivity index (χ0) is 29.6. The number of nitrogens with two attached hydrogens (primary N) is 1. The molecule has 1 saturated heterocycles. The predicted octanol–water partition coefficient (Wildman–Crippen LogP) is 4.87. The van der Waals surface area contributed by atoms with E-state index < -0.39 is 11.5 Å². The summed E-state index contributed by atoms with van der Waals surface area (Å²) < 4.78 is 16.5. The molecule has 1 unspecified atom stereocenters. The van der Waals surface area contributed by atoms with Crippen LogP contribution in [0.4, 0.5) is 15.9 Å². The Balaban J connectivity index is 1.84. The maximum atomic E-state index is 15.1. The van der Waals surface area contributed by atoms with Crippen molar-refractivity contribution in [1.29, 1.82) is 0 Å². The van der Waals surface area contributed by atoms with Gasteiger partial charge in [0.1, 0.15) is 11.6 Å². The smallest absolute Gasteiger partial charge is 0.355 e. The Bertz CT molecular complexity index is 1730. The van der Waals surface area contributed by atoms with E-state index in [1.807, 2.05) is 38.7 Å². The Hall–Kier alpha value is -4.31. The molecular weight excluding hydrogens is 545 g/mol. The molecule has 2 N–H and O–H groups in total. The summed E-state index contributed by atoms with van der Waals surface area (Å²) >= 11 is 6.97. The summed E-state index contributed by atoms with van der Waals surface area (Å²) in [5.41, 5.74) is 8.28. The van der Waals surface area contributed by atoms with Crippen LogP contribution >= 0.6 is 11.6 Å². The molecule has 1 aliphatic heterocycles. The minimum atomic E-state index is -0.579. The van der Waals surface area contributed by atoms with E-state index in [1.165, 1.54) is 22.8 Å². The van der Waals surface area contributed by atoms with Gasteiger partial charge in [-0.2, -0.15) is 4.98 Å². The number of fused-ring (bicyclic) bond motifs is 1. The molecule has 1 amide bonds. The number of rotatable bonds is 5. The lowest BCUT2D eigenvalue weighted by Gasteiger charge is -2.40. The van der Waals surface area contributed by atoms with Gasteiger partial charge in [-0.3, -0.25) is 9.78 Å². The molecule has 11 heteroatoms. The summed E-state index contributed by atoms with van der Waals surface area (Å²) in [7, 11) is 0. The summed E-state index contributed by atoms with van der Waals surface area (Å²) in [6, 6.07) is 7.55. The van der Waals surface area contributed by atoms with Crippen LogP contribution in [0.3, 0.4) is 0 Å². The second kappa shape index (κ2) is 10.9. The van der Waals surface area contributed by atoms with Crippen LogP contribution in [0.1, 0.15) is 37.9 Å². The van der Waals surface area contributed by atoms with Gasteiger partial charge in [-0.1, -0.05) is 38.1 Å². The Labute approximate surface area is 242 Å². The van der Waals surface area contributed by atoms with Gasteiger partial charge in [0.2, 0.25) is 5.91 Å². The van der Waals surface area contributed by atoms with E-state index in [4.69, 9.17) is 22.3 Å². The van der Waals surface area contributed by atoms with E-state index in [2.05, 4.69) is 16.5 Å². The topological polar surface area (TPSA) is 110 Å². The fourth-order valence-corrected chi connectivity index (χ4v) is 5.66. The number of amides is 1. The lowest BCUT2D eigenvalue weighted by molar-refractivity contribution is -0.126. The molecule has 0 aliphatic carbocycles. The van der Waals surface area contributed by atoms with Crippen LogP contribution in [0.25, 0.3) is 28.0 Å². The summed E-state index contributed by atoms with van der Waals surface area (Å²) in [6.45, 7) is 12.6. The standard InChI is InChI=1S/C30H31ClFN7O2/c1-6-23(40)37-12-13-38(18(5)15-37)28-24-19(31)14-22(25-20(32)8-7-9-21(25)33)35-29(24)39(30(41)36-28)27-17(4)10-11-34-26(27)16(2)3/h6-11,14,16,18H,1,12-13,15,33H2,2-5H3. The molecule has 41 heavy (non-hydrogen) atoms. The summed E-state index contributed by atoms with van der Waals surface area (Å²) in [6.07, 6.45) is 2.98. The third-order valence-corrected chi connectivity index (χ3v) is 7.69. The van der Waals surface area contributed by atoms with Crippen LogP contribution in [0.2, 0.25) is 5.02 Å². The third-order valence-electron chi connectivity index (χ3n) is 7.39. The van der Waals surface area contributed by atoms with Crippen molar-refractivity contribution in [3.63, 3.8) is 0 Å². The van der Waals surface area contributed by atoms with Gasteiger partial charge in [0.25, 0.3) is 0 Å². The molecule has 1 fully saturated rings. The molecule has 212 valence electrons. The number of piperazine rings is 1. The third kappa shape index (κ3) is 4.93. The molecule has 1 atom stereocenters. The fraction of sp³-hybridized carbons (Fsp3) is 0.300. The van der Waals surface area contributed by atoms with Gasteiger partial charge < -0.3 is 15.5 Å². The van der Waals surface area contributed by atoms with Crippen LogP contribution in [0.15, 0.2) is 54.0 Å². The van der Waals surface area contributed by atoms with Crippen molar-refractivity contribution in [3.8, 4) is 16.9 Å². The van der Waals surface area contributed by atoms with Crippen molar-refractivity contribution in [1.82, 2.24) is 24.4 Å². The number of halogens is 2. The lowest BCUT2D eigenvalue weighted by atomic mass is 10.0. The van der Waals surface area contributed by atoms with Crippen molar-refractivity contribution in [3.05, 3.63) is 81.8 Å². The highest BCUT2D eigenvalue weighted by Gasteiger charge is 2.31. The maximum absolute atomic E-state index is 15.1. The number of benzene rings is 1. The highest BCUT2D eigenvalue weighted by Crippen LogP contribution is 2.38. The van der Waals surface area contributed by atoms with Crippen LogP contribution in [-0.4, -0.2) is 56.0 Å². The molecule has 9 nitrogen and oxygen atoms in total. The van der Waals surface area contributed by atoms with Crippen LogP contribution < -0.4 is 16.3 Å². The van der Waals surface area contributed by atoms with E-state index in [9.17, 15) is 9.59 Å². The summed E-state index contributed by atoms with van der Waals surface area (Å²) in [5, 5.41) is 0.659. The first-order chi connectivity index (χ1) is 19.5. The normalized spacial score (nSPS) is 15.5. The number of aryl methyl sites for hydroxylation is 1. The number of hydrogen-bond acceptors (Lipinski definition) is 7. The van der Waals surface area contributed by atoms with Gasteiger partial charge in [-0.25, -0.2) is 18.7 Å². The summed E-state index contributed by atoms with van der Waals surface area (Å²) in [5.74, 6) is -0.404. The predicted molar refractivity (Wildman–Crippen MR) is 160 cm³/mol. The molecule has 4 heterocycles. The quantitative estimate of drug-likeness (QED) is 0.267. The number of carbonyl (C=O) groups is 1. The maximum Gasteiger partial charge on any atom is 0.355 e. The van der Waals surface area contributed by atoms with Gasteiger partial charge in [0.05, 0.1) is 33.0 Å². The van der Waals surface area contributed by atoms with Gasteiger partial charge >= 0.3 is 5.69 Å². The number of pyridine rings is 2. The molecule has 0 radical (unpaired) electrons. The highest BCUT2D eigenvalue weighted by atomic mass is 35.5. The van der Waals surface area contributed by atoms with Crippen molar-refractivity contribution < 1.29 is 9.18 Å². The number of nitrogens with zero attached hydrogens (tertiary/aromatic N) is 6. The average Bonchev–Trinajstić information content (AvgIpc) is 2.92. The molecule has 0 spiro atoms. The van der Waals surface area contributed by atoms with Gasteiger partial charge in [0.15, 0.2) is 5.65 Å². The van der Waals surface area contributed by atoms with Crippen LogP contribution in [0.5, 0.6) is 0 Å². The number of aromatic nitrogens is 4. The van der Waals surface area contributed by atoms with E-state index in [1.54, 1.807) is 23.2 Å². The molecule has 4 aromatic rings. The van der Waals surface area contributed by atoms with Gasteiger partial charge in [-0.05, 0) is 55.7 Å². The van der Waals surface area contributed by atoms with Crippen LogP contribution in [0, 0.1) is 12.7 Å². The van der Waals surface area contributed by atoms with Gasteiger partial charge in [0, 0.05) is 37.6 Å². The molecule has 0 saturated carbocycles. The Morgan fingerprint density at radius 3 is 2.66 bits per heavy atom. The molecular formula is C30H31ClFN7O2. The van der Waals surface area contributed by atoms with E-state index in [0.29, 0.717) is 42.2 Å². The van der Waals surface area contributed by atoms with Crippen molar-refractivity contribution >= 4 is 40.0 Å². The summed E-state index contributed by atoms with van der Waals surface area (Å²) in [4.78, 5) is 43.8. The Kier molecular flexibility index (Phi) is 7.52. The second-order valence-electron chi connectivity index (χ2n) is 10.5. The highest BCUT2D eigenvalue weighted by molar-refractivity contribution is 6.36. The lowest BCUT2D eigenvalue weighted by Crippen LogP contribution is -2.54.